The lowest BCUT2D eigenvalue weighted by atomic mass is 9.95. The molecule has 0 radical (unpaired) electrons. The molecule has 1 fully saturated rings. The van der Waals surface area contributed by atoms with Crippen molar-refractivity contribution in [3.63, 3.8) is 0 Å². The highest BCUT2D eigenvalue weighted by molar-refractivity contribution is 5.89. The van der Waals surface area contributed by atoms with Crippen molar-refractivity contribution in [3.05, 3.63) is 84.4 Å². The number of aromatic nitrogens is 2. The Balaban J connectivity index is 1.37. The third kappa shape index (κ3) is 4.94. The molecule has 2 aromatic carbocycles. The highest BCUT2D eigenvalue weighted by atomic mass is 16.2. The van der Waals surface area contributed by atoms with Gasteiger partial charge in [-0.1, -0.05) is 48.5 Å². The van der Waals surface area contributed by atoms with Crippen molar-refractivity contribution in [1.82, 2.24) is 19.8 Å². The average Bonchev–Trinajstić information content (AvgIpc) is 3.24. The van der Waals surface area contributed by atoms with Gasteiger partial charge >= 0.3 is 6.03 Å². The van der Waals surface area contributed by atoms with Crippen molar-refractivity contribution in [2.75, 3.05) is 18.4 Å². The van der Waals surface area contributed by atoms with E-state index in [-0.39, 0.29) is 23.9 Å². The molecule has 1 atom stereocenters. The number of aryl methyl sites for hydroxylation is 1. The smallest absolute Gasteiger partial charge is 0.321 e. The fourth-order valence-corrected chi connectivity index (χ4v) is 3.93. The summed E-state index contributed by atoms with van der Waals surface area (Å²) in [5, 5.41) is 6.10. The van der Waals surface area contributed by atoms with Gasteiger partial charge in [0.25, 0.3) is 0 Å². The van der Waals surface area contributed by atoms with Crippen LogP contribution in [0, 0.1) is 5.92 Å². The van der Waals surface area contributed by atoms with Crippen LogP contribution in [0.4, 0.5) is 10.5 Å². The number of para-hydroxylation sites is 1. The normalized spacial score (nSPS) is 15.3. The minimum absolute atomic E-state index is 0.0000272. The minimum atomic E-state index is -0.312. The molecule has 31 heavy (non-hydrogen) atoms. The molecule has 7 nitrogen and oxygen atoms in total. The van der Waals surface area contributed by atoms with E-state index in [4.69, 9.17) is 0 Å². The third-order valence-electron chi connectivity index (χ3n) is 5.71. The Labute approximate surface area is 182 Å². The second kappa shape index (κ2) is 9.47. The number of carbonyl (C=O) groups excluding carboxylic acids is 2. The highest BCUT2D eigenvalue weighted by Crippen LogP contribution is 2.24. The largest absolute Gasteiger partial charge is 0.342 e. The number of likely N-dealkylation sites (tertiary alicyclic amines) is 1. The Morgan fingerprint density at radius 3 is 2.26 bits per heavy atom. The molecule has 0 saturated carbocycles. The van der Waals surface area contributed by atoms with E-state index in [0.29, 0.717) is 25.9 Å². The monoisotopic (exact) mass is 417 g/mol. The van der Waals surface area contributed by atoms with Crippen LogP contribution >= 0.6 is 0 Å². The molecule has 160 valence electrons. The predicted molar refractivity (Wildman–Crippen MR) is 119 cm³/mol. The van der Waals surface area contributed by atoms with Gasteiger partial charge in [0.05, 0.1) is 0 Å². The quantitative estimate of drug-likeness (QED) is 0.666. The standard InChI is InChI=1S/C24H27N5O2/c1-28-17-14-25-22(28)21(18-8-4-2-5-9-18)27-23(30)19-12-15-29(16-13-19)24(31)26-20-10-6-3-7-11-20/h2-11,14,17,19,21H,12-13,15-16H2,1H3,(H,26,31)(H,27,30). The molecule has 3 aromatic rings. The van der Waals surface area contributed by atoms with Crippen molar-refractivity contribution in [2.45, 2.75) is 18.9 Å². The number of amides is 3. The lowest BCUT2D eigenvalue weighted by molar-refractivity contribution is -0.126. The summed E-state index contributed by atoms with van der Waals surface area (Å²) < 4.78 is 1.93. The summed E-state index contributed by atoms with van der Waals surface area (Å²) >= 11 is 0. The molecule has 2 N–H and O–H groups in total. The summed E-state index contributed by atoms with van der Waals surface area (Å²) in [6.07, 6.45) is 4.88. The van der Waals surface area contributed by atoms with Crippen LogP contribution < -0.4 is 10.6 Å². The molecule has 2 heterocycles. The summed E-state index contributed by atoms with van der Waals surface area (Å²) in [5.41, 5.74) is 1.76. The number of imidazole rings is 1. The van der Waals surface area contributed by atoms with E-state index >= 15 is 0 Å². The van der Waals surface area contributed by atoms with Crippen LogP contribution in [0.3, 0.4) is 0 Å². The molecule has 0 bridgehead atoms. The molecule has 4 rings (SSSR count). The van der Waals surface area contributed by atoms with E-state index in [0.717, 1.165) is 17.1 Å². The fraction of sp³-hybridized carbons (Fsp3) is 0.292. The van der Waals surface area contributed by atoms with Gasteiger partial charge < -0.3 is 20.1 Å². The molecular weight excluding hydrogens is 390 g/mol. The fourth-order valence-electron chi connectivity index (χ4n) is 3.93. The summed E-state index contributed by atoms with van der Waals surface area (Å²) in [5.74, 6) is 0.659. The first-order chi connectivity index (χ1) is 15.1. The lowest BCUT2D eigenvalue weighted by Crippen LogP contribution is -2.45. The van der Waals surface area contributed by atoms with Crippen molar-refractivity contribution in [3.8, 4) is 0 Å². The van der Waals surface area contributed by atoms with E-state index < -0.39 is 0 Å². The molecule has 1 unspecified atom stereocenters. The van der Waals surface area contributed by atoms with Gasteiger partial charge in [-0.3, -0.25) is 4.79 Å². The van der Waals surface area contributed by atoms with Crippen LogP contribution in [0.15, 0.2) is 73.1 Å². The van der Waals surface area contributed by atoms with E-state index in [1.807, 2.05) is 78.5 Å². The van der Waals surface area contributed by atoms with Crippen LogP contribution in [0.1, 0.15) is 30.3 Å². The SMILES string of the molecule is Cn1ccnc1C(NC(=O)C1CCN(C(=O)Nc2ccccc2)CC1)c1ccccc1. The minimum Gasteiger partial charge on any atom is -0.342 e. The first kappa shape index (κ1) is 20.7. The molecule has 0 spiro atoms. The Hall–Kier alpha value is -3.61. The van der Waals surface area contributed by atoms with Gasteiger partial charge in [-0.15, -0.1) is 0 Å². The van der Waals surface area contributed by atoms with Crippen molar-refractivity contribution in [2.24, 2.45) is 13.0 Å². The van der Waals surface area contributed by atoms with Gasteiger partial charge in [0, 0.05) is 44.1 Å². The van der Waals surface area contributed by atoms with Gasteiger partial charge in [0.2, 0.25) is 5.91 Å². The molecular formula is C24H27N5O2. The topological polar surface area (TPSA) is 79.3 Å². The van der Waals surface area contributed by atoms with E-state index in [2.05, 4.69) is 15.6 Å². The molecule has 1 aromatic heterocycles. The van der Waals surface area contributed by atoms with E-state index in [9.17, 15) is 9.59 Å². The zero-order valence-electron chi connectivity index (χ0n) is 17.6. The number of nitrogens with one attached hydrogen (secondary N) is 2. The zero-order chi connectivity index (χ0) is 21.6. The van der Waals surface area contributed by atoms with E-state index in [1.165, 1.54) is 0 Å². The Bertz CT molecular complexity index is 1010. The number of carbonyl (C=O) groups is 2. The average molecular weight is 418 g/mol. The van der Waals surface area contributed by atoms with Gasteiger partial charge in [0.15, 0.2) is 0 Å². The number of nitrogens with zero attached hydrogens (tertiary/aromatic N) is 3. The van der Waals surface area contributed by atoms with Crippen molar-refractivity contribution in [1.29, 1.82) is 0 Å². The molecule has 1 aliphatic rings. The van der Waals surface area contributed by atoms with Gasteiger partial charge in [-0.05, 0) is 30.5 Å². The number of benzene rings is 2. The van der Waals surface area contributed by atoms with Crippen LogP contribution in [0.2, 0.25) is 0 Å². The van der Waals surface area contributed by atoms with Crippen LogP contribution in [0.25, 0.3) is 0 Å². The molecule has 3 amide bonds. The second-order valence-electron chi connectivity index (χ2n) is 7.81. The summed E-state index contributed by atoms with van der Waals surface area (Å²) in [6.45, 7) is 1.10. The Morgan fingerprint density at radius 1 is 1.00 bits per heavy atom. The number of anilines is 1. The van der Waals surface area contributed by atoms with Gasteiger partial charge in [-0.2, -0.15) is 0 Å². The second-order valence-corrected chi connectivity index (χ2v) is 7.81. The molecule has 7 heteroatoms. The first-order valence-corrected chi connectivity index (χ1v) is 10.6. The Morgan fingerprint density at radius 2 is 1.65 bits per heavy atom. The molecule has 1 saturated heterocycles. The lowest BCUT2D eigenvalue weighted by Gasteiger charge is -2.32. The number of hydrogen-bond donors (Lipinski definition) is 2. The van der Waals surface area contributed by atoms with Crippen LogP contribution in [-0.2, 0) is 11.8 Å². The maximum Gasteiger partial charge on any atom is 0.321 e. The maximum absolute atomic E-state index is 13.1. The Kier molecular flexibility index (Phi) is 6.31. The zero-order valence-corrected chi connectivity index (χ0v) is 17.6. The van der Waals surface area contributed by atoms with Crippen molar-refractivity contribution >= 4 is 17.6 Å². The van der Waals surface area contributed by atoms with Crippen LogP contribution in [-0.4, -0.2) is 39.5 Å². The number of hydrogen-bond acceptors (Lipinski definition) is 3. The summed E-state index contributed by atoms with van der Waals surface area (Å²) in [4.78, 5) is 31.8. The van der Waals surface area contributed by atoms with Gasteiger partial charge in [-0.25, -0.2) is 9.78 Å². The summed E-state index contributed by atoms with van der Waals surface area (Å²) in [7, 11) is 1.92. The highest BCUT2D eigenvalue weighted by Gasteiger charge is 2.30. The van der Waals surface area contributed by atoms with Crippen molar-refractivity contribution < 1.29 is 9.59 Å². The number of rotatable bonds is 5. The van der Waals surface area contributed by atoms with Crippen LogP contribution in [0.5, 0.6) is 0 Å². The predicted octanol–water partition coefficient (Wildman–Crippen LogP) is 3.57. The van der Waals surface area contributed by atoms with E-state index in [1.54, 1.807) is 11.1 Å². The molecule has 0 aliphatic carbocycles. The number of urea groups is 1. The number of piperidine rings is 1. The van der Waals surface area contributed by atoms with Gasteiger partial charge in [0.1, 0.15) is 11.9 Å². The first-order valence-electron chi connectivity index (χ1n) is 10.6. The molecule has 1 aliphatic heterocycles. The summed E-state index contributed by atoms with van der Waals surface area (Å²) in [6, 6.07) is 18.8. The maximum atomic E-state index is 13.1. The third-order valence-corrected chi connectivity index (χ3v) is 5.71.